The summed E-state index contributed by atoms with van der Waals surface area (Å²) in [6, 6.07) is 1.64. The van der Waals surface area contributed by atoms with Gasteiger partial charge in [-0.05, 0) is 30.3 Å². The van der Waals surface area contributed by atoms with Crippen LogP contribution in [0.15, 0.2) is 18.2 Å². The number of benzene rings is 1. The molecule has 0 saturated carbocycles. The smallest absolute Gasteiger partial charge is 0.328 e. The molecule has 1 aromatic carbocycles. The first-order valence-electron chi connectivity index (χ1n) is 8.37. The van der Waals surface area contributed by atoms with Crippen LogP contribution in [0.5, 0.6) is 0 Å². The van der Waals surface area contributed by atoms with Gasteiger partial charge in [-0.1, -0.05) is 20.8 Å². The highest BCUT2D eigenvalue weighted by Crippen LogP contribution is 2.36. The maximum Gasteiger partial charge on any atom is 0.328 e. The Balaban J connectivity index is 2.79. The highest BCUT2D eigenvalue weighted by atomic mass is 28.4. The monoisotopic (exact) mass is 387 g/mol. The molecule has 1 amide bonds. The van der Waals surface area contributed by atoms with Crippen molar-refractivity contribution in [1.82, 2.24) is 5.32 Å². The lowest BCUT2D eigenvalue weighted by Crippen LogP contribution is -2.45. The van der Waals surface area contributed by atoms with Gasteiger partial charge in [0.15, 0.2) is 8.32 Å². The van der Waals surface area contributed by atoms with E-state index in [4.69, 9.17) is 9.16 Å². The Labute approximate surface area is 154 Å². The molecule has 0 aliphatic rings. The van der Waals surface area contributed by atoms with E-state index >= 15 is 0 Å². The Bertz CT molecular complexity index is 659. The summed E-state index contributed by atoms with van der Waals surface area (Å²) < 4.78 is 37.4. The van der Waals surface area contributed by atoms with Gasteiger partial charge in [0.05, 0.1) is 12.7 Å². The molecule has 0 radical (unpaired) electrons. The number of nitrogens with one attached hydrogen (secondary N) is 1. The molecule has 0 heterocycles. The summed E-state index contributed by atoms with van der Waals surface area (Å²) in [6.07, 6.45) is 0.188. The fourth-order valence-electron chi connectivity index (χ4n) is 1.95. The van der Waals surface area contributed by atoms with E-state index in [1.54, 1.807) is 0 Å². The minimum atomic E-state index is -2.00. The first-order chi connectivity index (χ1) is 11.9. The zero-order chi connectivity index (χ0) is 20.1. The highest BCUT2D eigenvalue weighted by molar-refractivity contribution is 6.74. The van der Waals surface area contributed by atoms with Crippen molar-refractivity contribution in [2.24, 2.45) is 0 Å². The standard InChI is InChI=1S/C18H27F2NO4Si/c1-18(2,3)26(5,6)25-10-9-15(17(23)24-4)21-16(22)13-8-7-12(19)11-14(13)20/h7-8,11,15H,9-10H2,1-6H3,(H,21,22)/t15-/m1/s1. The van der Waals surface area contributed by atoms with Gasteiger partial charge in [0, 0.05) is 19.1 Å². The zero-order valence-electron chi connectivity index (χ0n) is 16.1. The van der Waals surface area contributed by atoms with Gasteiger partial charge >= 0.3 is 5.97 Å². The molecule has 1 rings (SSSR count). The number of hydrogen-bond donors (Lipinski definition) is 1. The fourth-order valence-corrected chi connectivity index (χ4v) is 3.01. The molecular weight excluding hydrogens is 360 g/mol. The number of amides is 1. The van der Waals surface area contributed by atoms with Crippen molar-refractivity contribution < 1.29 is 27.5 Å². The van der Waals surface area contributed by atoms with Crippen LogP contribution < -0.4 is 5.32 Å². The number of hydrogen-bond acceptors (Lipinski definition) is 4. The number of rotatable bonds is 7. The predicted octanol–water partition coefficient (Wildman–Crippen LogP) is 3.65. The third-order valence-electron chi connectivity index (χ3n) is 4.64. The largest absolute Gasteiger partial charge is 0.467 e. The van der Waals surface area contributed by atoms with Crippen LogP contribution >= 0.6 is 0 Å². The molecule has 26 heavy (non-hydrogen) atoms. The predicted molar refractivity (Wildman–Crippen MR) is 97.4 cm³/mol. The molecule has 0 aliphatic heterocycles. The minimum Gasteiger partial charge on any atom is -0.467 e. The second-order valence-electron chi connectivity index (χ2n) is 7.57. The van der Waals surface area contributed by atoms with Crippen molar-refractivity contribution in [1.29, 1.82) is 0 Å². The average molecular weight is 387 g/mol. The molecule has 0 saturated heterocycles. The average Bonchev–Trinajstić information content (AvgIpc) is 2.51. The molecule has 1 aromatic rings. The van der Waals surface area contributed by atoms with Gasteiger partial charge in [-0.2, -0.15) is 0 Å². The van der Waals surface area contributed by atoms with Crippen LogP contribution in [0.3, 0.4) is 0 Å². The first-order valence-corrected chi connectivity index (χ1v) is 11.3. The summed E-state index contributed by atoms with van der Waals surface area (Å²) in [4.78, 5) is 24.1. The van der Waals surface area contributed by atoms with Gasteiger partial charge in [-0.25, -0.2) is 13.6 Å². The van der Waals surface area contributed by atoms with Crippen molar-refractivity contribution >= 4 is 20.2 Å². The van der Waals surface area contributed by atoms with Crippen molar-refractivity contribution in [3.8, 4) is 0 Å². The van der Waals surface area contributed by atoms with E-state index < -0.39 is 37.9 Å². The normalized spacial score (nSPS) is 13.2. The van der Waals surface area contributed by atoms with Gasteiger partial charge in [0.2, 0.25) is 0 Å². The number of methoxy groups -OCH3 is 1. The van der Waals surface area contributed by atoms with Crippen LogP contribution in [0, 0.1) is 11.6 Å². The van der Waals surface area contributed by atoms with E-state index in [0.29, 0.717) is 6.07 Å². The van der Waals surface area contributed by atoms with Crippen molar-refractivity contribution in [2.75, 3.05) is 13.7 Å². The van der Waals surface area contributed by atoms with Gasteiger partial charge in [0.25, 0.3) is 5.91 Å². The molecule has 146 valence electrons. The zero-order valence-corrected chi connectivity index (χ0v) is 17.1. The van der Waals surface area contributed by atoms with Crippen LogP contribution in [0.4, 0.5) is 8.78 Å². The topological polar surface area (TPSA) is 64.6 Å². The molecule has 0 spiro atoms. The van der Waals surface area contributed by atoms with E-state index in [9.17, 15) is 18.4 Å². The summed E-state index contributed by atoms with van der Waals surface area (Å²) in [5, 5.41) is 2.44. The van der Waals surface area contributed by atoms with E-state index in [0.717, 1.165) is 12.1 Å². The van der Waals surface area contributed by atoms with Crippen molar-refractivity contribution in [3.63, 3.8) is 0 Å². The summed E-state index contributed by atoms with van der Waals surface area (Å²) in [7, 11) is -0.799. The second kappa shape index (κ2) is 8.72. The van der Waals surface area contributed by atoms with E-state index in [-0.39, 0.29) is 23.6 Å². The van der Waals surface area contributed by atoms with Crippen LogP contribution in [-0.4, -0.2) is 40.0 Å². The summed E-state index contributed by atoms with van der Waals surface area (Å²) in [5.41, 5.74) is -0.342. The molecule has 1 N–H and O–H groups in total. The van der Waals surface area contributed by atoms with Crippen LogP contribution in [0.1, 0.15) is 37.6 Å². The Morgan fingerprint density at radius 1 is 1.23 bits per heavy atom. The van der Waals surface area contributed by atoms with E-state index in [1.807, 2.05) is 0 Å². The SMILES string of the molecule is COC(=O)[C@@H](CCO[Si](C)(C)C(C)(C)C)NC(=O)c1ccc(F)cc1F. The molecule has 0 aromatic heterocycles. The third-order valence-corrected chi connectivity index (χ3v) is 9.18. The highest BCUT2D eigenvalue weighted by Gasteiger charge is 2.37. The Morgan fingerprint density at radius 2 is 1.85 bits per heavy atom. The van der Waals surface area contributed by atoms with Crippen molar-refractivity contribution in [2.45, 2.75) is 51.4 Å². The third kappa shape index (κ3) is 5.88. The van der Waals surface area contributed by atoms with Gasteiger partial charge < -0.3 is 14.5 Å². The Hall–Kier alpha value is -1.80. The Morgan fingerprint density at radius 3 is 2.35 bits per heavy atom. The fraction of sp³-hybridized carbons (Fsp3) is 0.556. The molecule has 8 heteroatoms. The second-order valence-corrected chi connectivity index (χ2v) is 12.4. The lowest BCUT2D eigenvalue weighted by molar-refractivity contribution is -0.143. The van der Waals surface area contributed by atoms with Gasteiger partial charge in [-0.15, -0.1) is 0 Å². The van der Waals surface area contributed by atoms with Gasteiger partial charge in [0.1, 0.15) is 17.7 Å². The molecule has 0 aliphatic carbocycles. The molecule has 0 unspecified atom stereocenters. The number of halogens is 2. The Kier molecular flexibility index (Phi) is 7.46. The van der Waals surface area contributed by atoms with Crippen LogP contribution in [0.2, 0.25) is 18.1 Å². The summed E-state index contributed by atoms with van der Waals surface area (Å²) >= 11 is 0. The molecule has 1 atom stereocenters. The summed E-state index contributed by atoms with van der Waals surface area (Å²) in [5.74, 6) is -3.25. The van der Waals surface area contributed by atoms with E-state index in [2.05, 4.69) is 39.2 Å². The summed E-state index contributed by atoms with van der Waals surface area (Å²) in [6.45, 7) is 10.7. The number of carbonyl (C=O) groups excluding carboxylic acids is 2. The van der Waals surface area contributed by atoms with Gasteiger partial charge in [-0.3, -0.25) is 4.79 Å². The molecular formula is C18H27F2NO4Si. The first kappa shape index (κ1) is 22.2. The lowest BCUT2D eigenvalue weighted by atomic mass is 10.1. The minimum absolute atomic E-state index is 0.00818. The quantitative estimate of drug-likeness (QED) is 0.573. The number of carbonyl (C=O) groups is 2. The molecule has 5 nitrogen and oxygen atoms in total. The van der Waals surface area contributed by atoms with Crippen LogP contribution in [0.25, 0.3) is 0 Å². The maximum atomic E-state index is 13.7. The lowest BCUT2D eigenvalue weighted by Gasteiger charge is -2.36. The maximum absolute atomic E-state index is 13.7. The molecule has 0 fully saturated rings. The van der Waals surface area contributed by atoms with E-state index in [1.165, 1.54) is 7.11 Å². The number of ether oxygens (including phenoxy) is 1. The van der Waals surface area contributed by atoms with Crippen molar-refractivity contribution in [3.05, 3.63) is 35.4 Å². The number of esters is 1. The van der Waals surface area contributed by atoms with Crippen LogP contribution in [-0.2, 0) is 14.0 Å². The molecule has 0 bridgehead atoms.